The van der Waals surface area contributed by atoms with Crippen LogP contribution in [0.25, 0.3) is 5.57 Å². The normalized spacial score (nSPS) is 15.9. The molecule has 6 nitrogen and oxygen atoms in total. The lowest BCUT2D eigenvalue weighted by molar-refractivity contribution is -0.384. The summed E-state index contributed by atoms with van der Waals surface area (Å²) in [5, 5.41) is 20.0. The Morgan fingerprint density at radius 2 is 2.21 bits per heavy atom. The van der Waals surface area contributed by atoms with E-state index < -0.39 is 10.9 Å². The predicted molar refractivity (Wildman–Crippen MR) is 70.1 cm³/mol. The van der Waals surface area contributed by atoms with Crippen LogP contribution in [0.4, 0.5) is 5.69 Å². The highest BCUT2D eigenvalue weighted by Crippen LogP contribution is 2.28. The van der Waals surface area contributed by atoms with Crippen LogP contribution in [0.2, 0.25) is 0 Å². The van der Waals surface area contributed by atoms with Crippen molar-refractivity contribution in [3.63, 3.8) is 0 Å². The molecule has 1 aliphatic rings. The van der Waals surface area contributed by atoms with Gasteiger partial charge in [-0.05, 0) is 30.7 Å². The van der Waals surface area contributed by atoms with Crippen molar-refractivity contribution in [3.8, 4) is 0 Å². The number of non-ortho nitro benzene ring substituents is 1. The summed E-state index contributed by atoms with van der Waals surface area (Å²) in [6.45, 7) is 1.53. The van der Waals surface area contributed by atoms with E-state index in [2.05, 4.69) is 4.90 Å². The van der Waals surface area contributed by atoms with Crippen LogP contribution in [-0.2, 0) is 0 Å². The molecule has 100 valence electrons. The van der Waals surface area contributed by atoms with Gasteiger partial charge in [-0.25, -0.2) is 4.79 Å². The van der Waals surface area contributed by atoms with Gasteiger partial charge < -0.3 is 10.0 Å². The third-order valence-electron chi connectivity index (χ3n) is 3.20. The van der Waals surface area contributed by atoms with E-state index in [0.29, 0.717) is 12.0 Å². The average molecular weight is 262 g/mol. The molecule has 1 N–H and O–H groups in total. The second-order valence-electron chi connectivity index (χ2n) is 4.53. The van der Waals surface area contributed by atoms with Crippen molar-refractivity contribution in [2.24, 2.45) is 0 Å². The second kappa shape index (κ2) is 5.19. The molecule has 2 rings (SSSR count). The number of hydrogen-bond donors (Lipinski definition) is 1. The molecule has 0 fully saturated rings. The highest BCUT2D eigenvalue weighted by atomic mass is 16.6. The summed E-state index contributed by atoms with van der Waals surface area (Å²) in [6.07, 6.45) is 2.62. The van der Waals surface area contributed by atoms with Crippen molar-refractivity contribution in [2.45, 2.75) is 6.42 Å². The zero-order valence-corrected chi connectivity index (χ0v) is 10.5. The molecule has 0 aliphatic carbocycles. The van der Waals surface area contributed by atoms with Gasteiger partial charge in [-0.3, -0.25) is 10.1 Å². The molecule has 1 aromatic rings. The SMILES string of the molecule is CN1CC=C(c2cc([N+](=O)[O-])ccc2C(=O)O)CC1. The Labute approximate surface area is 110 Å². The smallest absolute Gasteiger partial charge is 0.336 e. The zero-order chi connectivity index (χ0) is 14.0. The third-order valence-corrected chi connectivity index (χ3v) is 3.20. The topological polar surface area (TPSA) is 83.7 Å². The number of carboxylic acids is 1. The number of hydrogen-bond acceptors (Lipinski definition) is 4. The van der Waals surface area contributed by atoms with Gasteiger partial charge in [0.15, 0.2) is 0 Å². The highest BCUT2D eigenvalue weighted by Gasteiger charge is 2.19. The molecule has 0 spiro atoms. The molecule has 0 bridgehead atoms. The second-order valence-corrected chi connectivity index (χ2v) is 4.53. The quantitative estimate of drug-likeness (QED) is 0.665. The van der Waals surface area contributed by atoms with Crippen molar-refractivity contribution in [2.75, 3.05) is 20.1 Å². The van der Waals surface area contributed by atoms with Gasteiger partial charge in [-0.1, -0.05) is 6.08 Å². The first-order valence-electron chi connectivity index (χ1n) is 5.88. The molecule has 0 amide bonds. The van der Waals surface area contributed by atoms with Crippen molar-refractivity contribution in [3.05, 3.63) is 45.5 Å². The minimum absolute atomic E-state index is 0.0835. The molecule has 0 unspecified atom stereocenters. The summed E-state index contributed by atoms with van der Waals surface area (Å²) in [5.41, 5.74) is 1.34. The van der Waals surface area contributed by atoms with Gasteiger partial charge in [0.05, 0.1) is 10.5 Å². The molecule has 1 heterocycles. The Hall–Kier alpha value is -2.21. The average Bonchev–Trinajstić information content (AvgIpc) is 2.38. The summed E-state index contributed by atoms with van der Waals surface area (Å²) < 4.78 is 0. The number of nitro benzene ring substituents is 1. The number of rotatable bonds is 3. The number of nitro groups is 1. The Bertz CT molecular complexity index is 566. The van der Waals surface area contributed by atoms with Crippen LogP contribution in [0.1, 0.15) is 22.3 Å². The van der Waals surface area contributed by atoms with E-state index in [1.807, 2.05) is 13.1 Å². The molecule has 6 heteroatoms. The molecule has 0 saturated carbocycles. The van der Waals surface area contributed by atoms with Gasteiger partial charge >= 0.3 is 5.97 Å². The number of carboxylic acid groups (broad SMARTS) is 1. The van der Waals surface area contributed by atoms with Crippen LogP contribution >= 0.6 is 0 Å². The molecule has 0 atom stereocenters. The van der Waals surface area contributed by atoms with Crippen LogP contribution in [0.3, 0.4) is 0 Å². The molecule has 0 radical (unpaired) electrons. The van der Waals surface area contributed by atoms with E-state index in [9.17, 15) is 20.0 Å². The first-order chi connectivity index (χ1) is 8.99. The Morgan fingerprint density at radius 3 is 2.74 bits per heavy atom. The lowest BCUT2D eigenvalue weighted by Crippen LogP contribution is -2.24. The fourth-order valence-electron chi connectivity index (χ4n) is 2.11. The highest BCUT2D eigenvalue weighted by molar-refractivity contribution is 5.94. The molecule has 0 aromatic heterocycles. The molecular formula is C13H14N2O4. The van der Waals surface area contributed by atoms with Gasteiger partial charge in [0, 0.05) is 25.2 Å². The number of likely N-dealkylation sites (N-methyl/N-ethyl adjacent to an activating group) is 1. The molecule has 0 saturated heterocycles. The number of nitrogens with zero attached hydrogens (tertiary/aromatic N) is 2. The minimum atomic E-state index is -1.07. The van der Waals surface area contributed by atoms with E-state index >= 15 is 0 Å². The van der Waals surface area contributed by atoms with Crippen LogP contribution in [-0.4, -0.2) is 41.0 Å². The van der Waals surface area contributed by atoms with Gasteiger partial charge in [-0.2, -0.15) is 0 Å². The number of benzene rings is 1. The first kappa shape index (κ1) is 13.2. The van der Waals surface area contributed by atoms with Crippen molar-refractivity contribution >= 4 is 17.2 Å². The minimum Gasteiger partial charge on any atom is -0.478 e. The van der Waals surface area contributed by atoms with Gasteiger partial charge in [0.25, 0.3) is 5.69 Å². The van der Waals surface area contributed by atoms with E-state index in [1.165, 1.54) is 18.2 Å². The zero-order valence-electron chi connectivity index (χ0n) is 10.5. The maximum absolute atomic E-state index is 11.2. The van der Waals surface area contributed by atoms with Crippen LogP contribution in [0, 0.1) is 10.1 Å². The maximum atomic E-state index is 11.2. The fourth-order valence-corrected chi connectivity index (χ4v) is 2.11. The molecule has 19 heavy (non-hydrogen) atoms. The lowest BCUT2D eigenvalue weighted by atomic mass is 9.94. The van der Waals surface area contributed by atoms with E-state index in [1.54, 1.807) is 0 Å². The molecule has 1 aromatic carbocycles. The molecular weight excluding hydrogens is 248 g/mol. The summed E-state index contributed by atoms with van der Waals surface area (Å²) in [6, 6.07) is 3.87. The van der Waals surface area contributed by atoms with Gasteiger partial charge in [0.1, 0.15) is 0 Å². The van der Waals surface area contributed by atoms with Crippen molar-refractivity contribution in [1.29, 1.82) is 0 Å². The summed E-state index contributed by atoms with van der Waals surface area (Å²) in [5.74, 6) is -1.07. The third kappa shape index (κ3) is 2.79. The van der Waals surface area contributed by atoms with Crippen LogP contribution in [0.15, 0.2) is 24.3 Å². The predicted octanol–water partition coefficient (Wildman–Crippen LogP) is 2.01. The lowest BCUT2D eigenvalue weighted by Gasteiger charge is -2.22. The van der Waals surface area contributed by atoms with Crippen molar-refractivity contribution in [1.82, 2.24) is 4.90 Å². The number of aromatic carboxylic acids is 1. The Kier molecular flexibility index (Phi) is 3.62. The van der Waals surface area contributed by atoms with Crippen LogP contribution in [0.5, 0.6) is 0 Å². The first-order valence-corrected chi connectivity index (χ1v) is 5.88. The van der Waals surface area contributed by atoms with Crippen LogP contribution < -0.4 is 0 Å². The Balaban J connectivity index is 2.49. The Morgan fingerprint density at radius 1 is 1.47 bits per heavy atom. The van der Waals surface area contributed by atoms with E-state index in [-0.39, 0.29) is 11.3 Å². The monoisotopic (exact) mass is 262 g/mol. The van der Waals surface area contributed by atoms with E-state index in [0.717, 1.165) is 18.7 Å². The van der Waals surface area contributed by atoms with E-state index in [4.69, 9.17) is 0 Å². The number of carbonyl (C=O) groups is 1. The molecule has 1 aliphatic heterocycles. The van der Waals surface area contributed by atoms with Gasteiger partial charge in [0.2, 0.25) is 0 Å². The maximum Gasteiger partial charge on any atom is 0.336 e. The summed E-state index contributed by atoms with van der Waals surface area (Å²) in [4.78, 5) is 23.6. The summed E-state index contributed by atoms with van der Waals surface area (Å²) in [7, 11) is 1.97. The fraction of sp³-hybridized carbons (Fsp3) is 0.308. The summed E-state index contributed by atoms with van der Waals surface area (Å²) >= 11 is 0. The van der Waals surface area contributed by atoms with Gasteiger partial charge in [-0.15, -0.1) is 0 Å². The standard InChI is InChI=1S/C13H14N2O4/c1-14-6-4-9(5-7-14)12-8-10(15(18)19)2-3-11(12)13(16)17/h2-4,8H,5-7H2,1H3,(H,16,17). The van der Waals surface area contributed by atoms with Crippen molar-refractivity contribution < 1.29 is 14.8 Å². The largest absolute Gasteiger partial charge is 0.478 e.